The molecule has 0 saturated carbocycles. The zero-order valence-corrected chi connectivity index (χ0v) is 17.9. The van der Waals surface area contributed by atoms with Crippen LogP contribution in [0.1, 0.15) is 6.92 Å². The summed E-state index contributed by atoms with van der Waals surface area (Å²) in [5.41, 5.74) is 0. The highest BCUT2D eigenvalue weighted by molar-refractivity contribution is 7.97. The summed E-state index contributed by atoms with van der Waals surface area (Å²) >= 11 is 1.87. The van der Waals surface area contributed by atoms with Crippen LogP contribution in [-0.2, 0) is 9.59 Å². The smallest absolute Gasteiger partial charge is 0.243 e. The summed E-state index contributed by atoms with van der Waals surface area (Å²) in [5.74, 6) is 0.660. The summed E-state index contributed by atoms with van der Waals surface area (Å²) in [4.78, 5) is 23.5. The van der Waals surface area contributed by atoms with Gasteiger partial charge in [-0.25, -0.2) is 4.31 Å². The fourth-order valence-electron chi connectivity index (χ4n) is 2.85. The van der Waals surface area contributed by atoms with Gasteiger partial charge in [0, 0.05) is 41.8 Å². The van der Waals surface area contributed by atoms with Crippen molar-refractivity contribution in [3.05, 3.63) is 49.1 Å². The van der Waals surface area contributed by atoms with Gasteiger partial charge in [-0.3, -0.25) is 4.79 Å². The van der Waals surface area contributed by atoms with Crippen molar-refractivity contribution in [1.29, 1.82) is 0 Å². The molecule has 1 heterocycles. The summed E-state index contributed by atoms with van der Waals surface area (Å²) in [6, 6.07) is 12.8. The molecule has 0 unspecified atom stereocenters. The van der Waals surface area contributed by atoms with Crippen LogP contribution >= 0.6 is 11.9 Å². The van der Waals surface area contributed by atoms with Crippen LogP contribution in [0.2, 0.25) is 0 Å². The van der Waals surface area contributed by atoms with Crippen molar-refractivity contribution in [2.75, 3.05) is 46.4 Å². The van der Waals surface area contributed by atoms with Crippen LogP contribution < -0.4 is 10.1 Å². The minimum Gasteiger partial charge on any atom is -0.493 e. The van der Waals surface area contributed by atoms with Crippen LogP contribution in [0.25, 0.3) is 10.8 Å². The molecule has 0 spiro atoms. The number of rotatable bonds is 7. The zero-order chi connectivity index (χ0) is 21.1. The molecule has 0 bridgehead atoms. The predicted molar refractivity (Wildman–Crippen MR) is 119 cm³/mol. The Morgan fingerprint density at radius 2 is 1.86 bits per heavy atom. The molecular formula is C22H29N3O3S. The molecule has 0 aromatic heterocycles. The molecule has 6 nitrogen and oxygen atoms in total. The third-order valence-corrected chi connectivity index (χ3v) is 5.55. The van der Waals surface area contributed by atoms with Gasteiger partial charge in [0.2, 0.25) is 5.91 Å². The Bertz CT molecular complexity index is 820. The number of nitrogens with one attached hydrogen (secondary N) is 1. The molecule has 2 aromatic rings. The Kier molecular flexibility index (Phi) is 9.70. The molecule has 1 N–H and O–H groups in total. The molecule has 1 aliphatic rings. The molecule has 1 fully saturated rings. The summed E-state index contributed by atoms with van der Waals surface area (Å²) in [6.07, 6.45) is 1.73. The molecule has 2 aromatic carbocycles. The topological polar surface area (TPSA) is 61.9 Å². The monoisotopic (exact) mass is 415 g/mol. The number of benzene rings is 2. The lowest BCUT2D eigenvalue weighted by Gasteiger charge is -2.31. The third-order valence-electron chi connectivity index (χ3n) is 4.38. The van der Waals surface area contributed by atoms with Crippen molar-refractivity contribution in [3.8, 4) is 5.75 Å². The van der Waals surface area contributed by atoms with Gasteiger partial charge in [-0.2, -0.15) is 0 Å². The molecule has 0 atom stereocenters. The van der Waals surface area contributed by atoms with Crippen molar-refractivity contribution >= 4 is 34.9 Å². The van der Waals surface area contributed by atoms with E-state index in [1.165, 1.54) is 15.7 Å². The highest BCUT2D eigenvalue weighted by Crippen LogP contribution is 2.34. The van der Waals surface area contributed by atoms with Crippen molar-refractivity contribution in [3.63, 3.8) is 0 Å². The van der Waals surface area contributed by atoms with E-state index < -0.39 is 0 Å². The molecule has 1 amide bonds. The van der Waals surface area contributed by atoms with Crippen molar-refractivity contribution < 1.29 is 14.3 Å². The van der Waals surface area contributed by atoms with Crippen LogP contribution in [0, 0.1) is 0 Å². The lowest BCUT2D eigenvalue weighted by atomic mass is 10.1. The van der Waals surface area contributed by atoms with Gasteiger partial charge in [-0.05, 0) is 44.1 Å². The maximum Gasteiger partial charge on any atom is 0.243 e. The third kappa shape index (κ3) is 7.20. The average Bonchev–Trinajstić information content (AvgIpc) is 2.75. The Balaban J connectivity index is 0.000000321. The van der Waals surface area contributed by atoms with Crippen LogP contribution in [-0.4, -0.2) is 67.8 Å². The van der Waals surface area contributed by atoms with Gasteiger partial charge < -0.3 is 19.7 Å². The molecule has 1 saturated heterocycles. The first-order chi connectivity index (χ1) is 14.1. The van der Waals surface area contributed by atoms with Crippen LogP contribution in [0.15, 0.2) is 53.9 Å². The number of fused-ring (bicyclic) bond motifs is 1. The zero-order valence-electron chi connectivity index (χ0n) is 17.1. The van der Waals surface area contributed by atoms with E-state index in [1.807, 2.05) is 18.9 Å². The number of nitrogens with zero attached hydrogens (tertiary/aromatic N) is 2. The maximum absolute atomic E-state index is 10.2. The minimum atomic E-state index is -0.322. The maximum atomic E-state index is 10.2. The van der Waals surface area contributed by atoms with E-state index in [1.54, 1.807) is 0 Å². The number of carbonyl (C=O) groups is 2. The highest BCUT2D eigenvalue weighted by Gasteiger charge is 2.16. The number of carbonyl (C=O) groups excluding carboxylic acids is 2. The molecule has 29 heavy (non-hydrogen) atoms. The second-order valence-corrected chi connectivity index (χ2v) is 7.62. The van der Waals surface area contributed by atoms with Gasteiger partial charge in [-0.15, -0.1) is 0 Å². The first-order valence-corrected chi connectivity index (χ1v) is 10.5. The Labute approximate surface area is 177 Å². The van der Waals surface area contributed by atoms with Gasteiger partial charge in [-0.1, -0.05) is 30.8 Å². The van der Waals surface area contributed by atoms with Crippen molar-refractivity contribution in [2.45, 2.75) is 11.8 Å². The highest BCUT2D eigenvalue weighted by atomic mass is 32.2. The number of hydrogen-bond donors (Lipinski definition) is 1. The molecule has 1 aliphatic heterocycles. The standard InChI is InChI=1S/C17H22N2OS.C5H7NO2/c1-3-20-16-8-4-7-15-14(16)6-5-9-17(15)21-19-12-10-18(2)11-13-19;1-2-5(8)6-3-4-7/h4-9H,3,10-13H2,1-2H3;2,4H,1,3H2,(H,6,8). The van der Waals surface area contributed by atoms with Crippen LogP contribution in [0.4, 0.5) is 0 Å². The summed E-state index contributed by atoms with van der Waals surface area (Å²) in [6.45, 7) is 10.5. The largest absolute Gasteiger partial charge is 0.493 e. The summed E-state index contributed by atoms with van der Waals surface area (Å²) < 4.78 is 8.21. The normalized spacial score (nSPS) is 14.6. The van der Waals surface area contributed by atoms with Gasteiger partial charge in [0.25, 0.3) is 0 Å². The molecule has 7 heteroatoms. The van der Waals surface area contributed by atoms with Gasteiger partial charge in [0.15, 0.2) is 0 Å². The molecule has 156 valence electrons. The van der Waals surface area contributed by atoms with Gasteiger partial charge in [0.1, 0.15) is 12.0 Å². The van der Waals surface area contributed by atoms with Crippen molar-refractivity contribution in [1.82, 2.24) is 14.5 Å². The fourth-order valence-corrected chi connectivity index (χ4v) is 3.89. The SMILES string of the molecule is C=CC(=O)NCC=O.CCOc1cccc2c(SN3CCN(C)CC3)cccc12. The van der Waals surface area contributed by atoms with Gasteiger partial charge in [0.05, 0.1) is 13.2 Å². The Morgan fingerprint density at radius 3 is 2.52 bits per heavy atom. The van der Waals surface area contributed by atoms with E-state index in [0.29, 0.717) is 12.9 Å². The second-order valence-electron chi connectivity index (χ2n) is 6.48. The van der Waals surface area contributed by atoms with E-state index in [0.717, 1.165) is 38.0 Å². The Morgan fingerprint density at radius 1 is 1.17 bits per heavy atom. The Hall–Kier alpha value is -2.35. The number of hydrogen-bond acceptors (Lipinski definition) is 6. The van der Waals surface area contributed by atoms with Gasteiger partial charge >= 0.3 is 0 Å². The molecule has 0 aliphatic carbocycles. The fraction of sp³-hybridized carbons (Fsp3) is 0.364. The molecule has 3 rings (SSSR count). The van der Waals surface area contributed by atoms with E-state index in [-0.39, 0.29) is 12.5 Å². The lowest BCUT2D eigenvalue weighted by molar-refractivity contribution is -0.118. The minimum absolute atomic E-state index is 0.0604. The summed E-state index contributed by atoms with van der Waals surface area (Å²) in [5, 5.41) is 4.75. The number of likely N-dealkylation sites (N-methyl/N-ethyl adjacent to an activating group) is 1. The number of piperazine rings is 1. The number of ether oxygens (including phenoxy) is 1. The first-order valence-electron chi connectivity index (χ1n) is 9.69. The molecular weight excluding hydrogens is 386 g/mol. The first kappa shape index (κ1) is 22.9. The van der Waals surface area contributed by atoms with Crippen LogP contribution in [0.5, 0.6) is 5.75 Å². The van der Waals surface area contributed by atoms with E-state index in [4.69, 9.17) is 4.74 Å². The predicted octanol–water partition coefficient (Wildman–Crippen LogP) is 2.98. The quantitative estimate of drug-likeness (QED) is 0.426. The second kappa shape index (κ2) is 12.3. The number of amides is 1. The lowest BCUT2D eigenvalue weighted by Crippen LogP contribution is -2.40. The van der Waals surface area contributed by atoms with E-state index in [2.05, 4.69) is 64.5 Å². The van der Waals surface area contributed by atoms with E-state index >= 15 is 0 Å². The molecule has 0 radical (unpaired) electrons. The summed E-state index contributed by atoms with van der Waals surface area (Å²) in [7, 11) is 2.19. The number of aldehydes is 1. The van der Waals surface area contributed by atoms with Crippen LogP contribution in [0.3, 0.4) is 0 Å². The average molecular weight is 416 g/mol. The van der Waals surface area contributed by atoms with E-state index in [9.17, 15) is 9.59 Å². The van der Waals surface area contributed by atoms with Crippen molar-refractivity contribution in [2.24, 2.45) is 0 Å².